The number of pyridine rings is 1. The molecule has 1 amide bonds. The summed E-state index contributed by atoms with van der Waals surface area (Å²) in [6, 6.07) is 2.22. The van der Waals surface area contributed by atoms with E-state index in [2.05, 4.69) is 15.6 Å². The maximum atomic E-state index is 12.3. The molecule has 2 saturated heterocycles. The number of halogens is 1. The standard InChI is InChI=1S/C16H23N3O2.ClH/c20-16(19-15-2-5-21-6-3-15)14-8-13(10-18-11-14)7-12-1-4-17-9-12;/h8,10-12,15,17H,1-7,9H2,(H,19,20);1H. The van der Waals surface area contributed by atoms with E-state index >= 15 is 0 Å². The largest absolute Gasteiger partial charge is 0.381 e. The Labute approximate surface area is 137 Å². The Kier molecular flexibility index (Phi) is 6.61. The predicted molar refractivity (Wildman–Crippen MR) is 87.5 cm³/mol. The van der Waals surface area contributed by atoms with Crippen molar-refractivity contribution < 1.29 is 9.53 Å². The summed E-state index contributed by atoms with van der Waals surface area (Å²) in [4.78, 5) is 16.5. The van der Waals surface area contributed by atoms with Crippen molar-refractivity contribution in [2.75, 3.05) is 26.3 Å². The third kappa shape index (κ3) is 4.66. The van der Waals surface area contributed by atoms with Crippen molar-refractivity contribution in [3.63, 3.8) is 0 Å². The van der Waals surface area contributed by atoms with E-state index in [1.54, 1.807) is 6.20 Å². The Hall–Kier alpha value is -1.17. The number of carbonyl (C=O) groups excluding carboxylic acids is 1. The van der Waals surface area contributed by atoms with E-state index in [4.69, 9.17) is 4.74 Å². The normalized spacial score (nSPS) is 22.1. The molecule has 1 aromatic heterocycles. The van der Waals surface area contributed by atoms with Crippen LogP contribution in [0.2, 0.25) is 0 Å². The number of rotatable bonds is 4. The lowest BCUT2D eigenvalue weighted by Gasteiger charge is -2.23. The number of nitrogens with zero attached hydrogens (tertiary/aromatic N) is 1. The molecule has 1 unspecified atom stereocenters. The number of ether oxygens (including phenoxy) is 1. The number of nitrogens with one attached hydrogen (secondary N) is 2. The molecule has 1 atom stereocenters. The first-order valence-corrected chi connectivity index (χ1v) is 7.84. The van der Waals surface area contributed by atoms with Crippen LogP contribution in [0.3, 0.4) is 0 Å². The van der Waals surface area contributed by atoms with Gasteiger partial charge in [-0.3, -0.25) is 9.78 Å². The van der Waals surface area contributed by atoms with Gasteiger partial charge in [0.25, 0.3) is 5.91 Å². The number of hydrogen-bond donors (Lipinski definition) is 2. The minimum atomic E-state index is -0.0132. The molecule has 0 bridgehead atoms. The molecule has 3 rings (SSSR count). The molecule has 0 saturated carbocycles. The molecular weight excluding hydrogens is 302 g/mol. The highest BCUT2D eigenvalue weighted by Crippen LogP contribution is 2.16. The molecule has 0 aliphatic carbocycles. The summed E-state index contributed by atoms with van der Waals surface area (Å²) < 4.78 is 5.31. The molecule has 2 fully saturated rings. The van der Waals surface area contributed by atoms with Gasteiger partial charge in [0, 0.05) is 31.6 Å². The smallest absolute Gasteiger partial charge is 0.253 e. The Morgan fingerprint density at radius 3 is 2.86 bits per heavy atom. The molecule has 122 valence electrons. The van der Waals surface area contributed by atoms with Gasteiger partial charge in [0.1, 0.15) is 0 Å². The third-order valence-corrected chi connectivity index (χ3v) is 4.30. The van der Waals surface area contributed by atoms with Gasteiger partial charge in [0.2, 0.25) is 0 Å². The number of hydrogen-bond acceptors (Lipinski definition) is 4. The van der Waals surface area contributed by atoms with E-state index in [1.165, 1.54) is 6.42 Å². The monoisotopic (exact) mass is 325 g/mol. The fraction of sp³-hybridized carbons (Fsp3) is 0.625. The van der Waals surface area contributed by atoms with Crippen LogP contribution in [-0.4, -0.2) is 43.2 Å². The molecule has 0 aromatic carbocycles. The second-order valence-corrected chi connectivity index (χ2v) is 6.00. The van der Waals surface area contributed by atoms with Crippen LogP contribution in [0.15, 0.2) is 18.5 Å². The quantitative estimate of drug-likeness (QED) is 0.882. The lowest BCUT2D eigenvalue weighted by Crippen LogP contribution is -2.38. The van der Waals surface area contributed by atoms with E-state index in [0.29, 0.717) is 11.5 Å². The molecule has 0 radical (unpaired) electrons. The molecule has 3 heterocycles. The fourth-order valence-electron chi connectivity index (χ4n) is 3.06. The Bertz CT molecular complexity index is 486. The Morgan fingerprint density at radius 1 is 1.32 bits per heavy atom. The van der Waals surface area contributed by atoms with Crippen LogP contribution in [0.1, 0.15) is 35.2 Å². The topological polar surface area (TPSA) is 63.2 Å². The van der Waals surface area contributed by atoms with Gasteiger partial charge in [-0.25, -0.2) is 0 Å². The average molecular weight is 326 g/mol. The third-order valence-electron chi connectivity index (χ3n) is 4.30. The minimum Gasteiger partial charge on any atom is -0.381 e. The van der Waals surface area contributed by atoms with Crippen LogP contribution >= 0.6 is 12.4 Å². The van der Waals surface area contributed by atoms with Crippen molar-refractivity contribution in [2.24, 2.45) is 5.92 Å². The summed E-state index contributed by atoms with van der Waals surface area (Å²) in [6.07, 6.45) is 7.53. The summed E-state index contributed by atoms with van der Waals surface area (Å²) in [7, 11) is 0. The van der Waals surface area contributed by atoms with E-state index in [1.807, 2.05) is 12.3 Å². The Balaban J connectivity index is 0.00000176. The molecule has 5 nitrogen and oxygen atoms in total. The molecule has 2 aliphatic rings. The van der Waals surface area contributed by atoms with E-state index in [-0.39, 0.29) is 24.4 Å². The molecule has 2 N–H and O–H groups in total. The highest BCUT2D eigenvalue weighted by molar-refractivity contribution is 5.94. The lowest BCUT2D eigenvalue weighted by atomic mass is 9.99. The van der Waals surface area contributed by atoms with Crippen molar-refractivity contribution in [1.82, 2.24) is 15.6 Å². The number of amides is 1. The van der Waals surface area contributed by atoms with E-state index in [0.717, 1.165) is 51.1 Å². The van der Waals surface area contributed by atoms with Gasteiger partial charge in [-0.1, -0.05) is 0 Å². The van der Waals surface area contributed by atoms with Crippen molar-refractivity contribution in [1.29, 1.82) is 0 Å². The molecule has 6 heteroatoms. The zero-order valence-electron chi connectivity index (χ0n) is 12.7. The molecule has 1 aromatic rings. The van der Waals surface area contributed by atoms with Gasteiger partial charge in [0.15, 0.2) is 0 Å². The van der Waals surface area contributed by atoms with Crippen LogP contribution in [0.5, 0.6) is 0 Å². The summed E-state index contributed by atoms with van der Waals surface area (Å²) in [5.74, 6) is 0.654. The molecule has 22 heavy (non-hydrogen) atoms. The Morgan fingerprint density at radius 2 is 2.14 bits per heavy atom. The van der Waals surface area contributed by atoms with E-state index < -0.39 is 0 Å². The van der Waals surface area contributed by atoms with Gasteiger partial charge in [0.05, 0.1) is 5.56 Å². The molecule has 0 spiro atoms. The zero-order valence-corrected chi connectivity index (χ0v) is 13.5. The SMILES string of the molecule is Cl.O=C(NC1CCOCC1)c1cncc(CC2CCNC2)c1. The first kappa shape index (κ1) is 17.2. The van der Waals surface area contributed by atoms with Gasteiger partial charge in [-0.15, -0.1) is 12.4 Å². The van der Waals surface area contributed by atoms with Gasteiger partial charge >= 0.3 is 0 Å². The second kappa shape index (κ2) is 8.46. The first-order valence-electron chi connectivity index (χ1n) is 7.84. The van der Waals surface area contributed by atoms with Crippen LogP contribution in [0, 0.1) is 5.92 Å². The van der Waals surface area contributed by atoms with Crippen LogP contribution in [-0.2, 0) is 11.2 Å². The highest BCUT2D eigenvalue weighted by Gasteiger charge is 2.19. The fourth-order valence-corrected chi connectivity index (χ4v) is 3.06. The van der Waals surface area contributed by atoms with Crippen molar-refractivity contribution >= 4 is 18.3 Å². The van der Waals surface area contributed by atoms with Crippen molar-refractivity contribution in [3.8, 4) is 0 Å². The van der Waals surface area contributed by atoms with E-state index in [9.17, 15) is 4.79 Å². The van der Waals surface area contributed by atoms with Gasteiger partial charge in [-0.2, -0.15) is 0 Å². The summed E-state index contributed by atoms with van der Waals surface area (Å²) in [5.41, 5.74) is 1.83. The number of carbonyl (C=O) groups is 1. The summed E-state index contributed by atoms with van der Waals surface area (Å²) in [5, 5.41) is 6.46. The van der Waals surface area contributed by atoms with Crippen LogP contribution in [0.25, 0.3) is 0 Å². The minimum absolute atomic E-state index is 0. The lowest BCUT2D eigenvalue weighted by molar-refractivity contribution is 0.0696. The van der Waals surface area contributed by atoms with Crippen molar-refractivity contribution in [3.05, 3.63) is 29.6 Å². The van der Waals surface area contributed by atoms with Gasteiger partial charge < -0.3 is 15.4 Å². The average Bonchev–Trinajstić information content (AvgIpc) is 3.01. The number of aromatic nitrogens is 1. The van der Waals surface area contributed by atoms with Crippen LogP contribution in [0.4, 0.5) is 0 Å². The maximum absolute atomic E-state index is 12.3. The van der Waals surface area contributed by atoms with Crippen LogP contribution < -0.4 is 10.6 Å². The van der Waals surface area contributed by atoms with Gasteiger partial charge in [-0.05, 0) is 56.3 Å². The van der Waals surface area contributed by atoms with Crippen molar-refractivity contribution in [2.45, 2.75) is 31.7 Å². The molecule has 2 aliphatic heterocycles. The molecular formula is C16H24ClN3O2. The zero-order chi connectivity index (χ0) is 14.5. The summed E-state index contributed by atoms with van der Waals surface area (Å²) in [6.45, 7) is 3.64. The predicted octanol–water partition coefficient (Wildman–Crippen LogP) is 1.56. The first-order chi connectivity index (χ1) is 10.3. The summed E-state index contributed by atoms with van der Waals surface area (Å²) >= 11 is 0. The maximum Gasteiger partial charge on any atom is 0.253 e. The highest BCUT2D eigenvalue weighted by atomic mass is 35.5. The second-order valence-electron chi connectivity index (χ2n) is 6.00.